The normalized spacial score (nSPS) is 19.9. The molecule has 0 aromatic carbocycles. The summed E-state index contributed by atoms with van der Waals surface area (Å²) in [6.45, 7) is 11.4. The van der Waals surface area contributed by atoms with Gasteiger partial charge in [-0.15, -0.1) is 0 Å². The number of nitrogens with one attached hydrogen (secondary N) is 1. The van der Waals surface area contributed by atoms with Gasteiger partial charge in [-0.2, -0.15) is 0 Å². The van der Waals surface area contributed by atoms with Gasteiger partial charge in [0.15, 0.2) is 0 Å². The highest BCUT2D eigenvalue weighted by molar-refractivity contribution is 5.10. The molecule has 0 spiro atoms. The zero-order valence-corrected chi connectivity index (χ0v) is 11.6. The molecule has 1 aliphatic heterocycles. The molecule has 0 amide bonds. The molecule has 1 aromatic heterocycles. The lowest BCUT2D eigenvalue weighted by molar-refractivity contribution is -0.0102. The van der Waals surface area contributed by atoms with Crippen LogP contribution >= 0.6 is 0 Å². The third-order valence-electron chi connectivity index (χ3n) is 3.75. The maximum atomic E-state index is 5.40. The Morgan fingerprint density at radius 2 is 2.11 bits per heavy atom. The smallest absolute Gasteiger partial charge is 0.0950 e. The van der Waals surface area contributed by atoms with Crippen molar-refractivity contribution in [3.63, 3.8) is 0 Å². The number of rotatable bonds is 5. The first kappa shape index (κ1) is 13.6. The Morgan fingerprint density at radius 1 is 1.39 bits per heavy atom. The van der Waals surface area contributed by atoms with Crippen LogP contribution in [-0.2, 0) is 4.74 Å². The topological polar surface area (TPSA) is 37.6 Å². The number of hydrogen-bond acceptors (Lipinski definition) is 4. The number of nitrogens with zero attached hydrogens (tertiary/aromatic N) is 1. The van der Waals surface area contributed by atoms with Crippen LogP contribution in [0.25, 0.3) is 0 Å². The Labute approximate surface area is 109 Å². The first-order valence-electron chi connectivity index (χ1n) is 6.68. The minimum absolute atomic E-state index is 0.155. The van der Waals surface area contributed by atoms with Crippen molar-refractivity contribution in [2.75, 3.05) is 32.8 Å². The van der Waals surface area contributed by atoms with Gasteiger partial charge in [0.05, 0.1) is 25.7 Å². The van der Waals surface area contributed by atoms with E-state index in [2.05, 4.69) is 31.0 Å². The Morgan fingerprint density at radius 3 is 2.72 bits per heavy atom. The van der Waals surface area contributed by atoms with Crippen LogP contribution < -0.4 is 5.32 Å². The van der Waals surface area contributed by atoms with Crippen molar-refractivity contribution in [1.82, 2.24) is 10.2 Å². The lowest BCUT2D eigenvalue weighted by Crippen LogP contribution is -2.54. The van der Waals surface area contributed by atoms with E-state index in [1.54, 1.807) is 12.5 Å². The van der Waals surface area contributed by atoms with Gasteiger partial charge in [-0.1, -0.05) is 0 Å². The predicted octanol–water partition coefficient (Wildman–Crippen LogP) is 2.04. The summed E-state index contributed by atoms with van der Waals surface area (Å²) in [7, 11) is 0. The average Bonchev–Trinajstić information content (AvgIpc) is 2.91. The molecule has 1 atom stereocenters. The van der Waals surface area contributed by atoms with Crippen molar-refractivity contribution in [3.8, 4) is 0 Å². The summed E-state index contributed by atoms with van der Waals surface area (Å²) in [6, 6.07) is 2.34. The standard InChI is InChI=1S/C14H24N2O2/c1-12(13-4-7-18-10-13)15-11-14(2,3)16-5-8-17-9-6-16/h4,7,10,12,15H,5-6,8-9,11H2,1-3H3. The van der Waals surface area contributed by atoms with E-state index in [-0.39, 0.29) is 5.54 Å². The Balaban J connectivity index is 1.84. The lowest BCUT2D eigenvalue weighted by Gasteiger charge is -2.41. The molecule has 1 N–H and O–H groups in total. The predicted molar refractivity (Wildman–Crippen MR) is 71.6 cm³/mol. The summed E-state index contributed by atoms with van der Waals surface area (Å²) in [5, 5.41) is 3.58. The van der Waals surface area contributed by atoms with E-state index in [0.717, 1.165) is 32.8 Å². The summed E-state index contributed by atoms with van der Waals surface area (Å²) in [4.78, 5) is 2.49. The van der Waals surface area contributed by atoms with E-state index in [0.29, 0.717) is 6.04 Å². The number of ether oxygens (including phenoxy) is 1. The summed E-state index contributed by atoms with van der Waals surface area (Å²) >= 11 is 0. The third-order valence-corrected chi connectivity index (χ3v) is 3.75. The van der Waals surface area contributed by atoms with Crippen molar-refractivity contribution in [1.29, 1.82) is 0 Å². The van der Waals surface area contributed by atoms with Crippen LogP contribution in [0.1, 0.15) is 32.4 Å². The molecular formula is C14H24N2O2. The fraction of sp³-hybridized carbons (Fsp3) is 0.714. The van der Waals surface area contributed by atoms with Crippen molar-refractivity contribution in [3.05, 3.63) is 24.2 Å². The largest absolute Gasteiger partial charge is 0.472 e. The van der Waals surface area contributed by atoms with E-state index in [1.165, 1.54) is 5.56 Å². The second kappa shape index (κ2) is 5.87. The minimum atomic E-state index is 0.155. The van der Waals surface area contributed by atoms with Gasteiger partial charge in [-0.05, 0) is 26.8 Å². The highest BCUT2D eigenvalue weighted by Crippen LogP contribution is 2.18. The van der Waals surface area contributed by atoms with Gasteiger partial charge in [-0.25, -0.2) is 0 Å². The monoisotopic (exact) mass is 252 g/mol. The van der Waals surface area contributed by atoms with Crippen LogP contribution in [0.15, 0.2) is 23.0 Å². The molecule has 4 nitrogen and oxygen atoms in total. The molecular weight excluding hydrogens is 228 g/mol. The van der Waals surface area contributed by atoms with E-state index in [1.807, 2.05) is 6.07 Å². The second-order valence-electron chi connectivity index (χ2n) is 5.57. The molecule has 18 heavy (non-hydrogen) atoms. The van der Waals surface area contributed by atoms with Crippen LogP contribution in [0.3, 0.4) is 0 Å². The van der Waals surface area contributed by atoms with Crippen molar-refractivity contribution in [2.45, 2.75) is 32.4 Å². The first-order chi connectivity index (χ1) is 8.59. The summed E-state index contributed by atoms with van der Waals surface area (Å²) < 4.78 is 10.5. The lowest BCUT2D eigenvalue weighted by atomic mass is 10.0. The number of hydrogen-bond donors (Lipinski definition) is 1. The minimum Gasteiger partial charge on any atom is -0.472 e. The molecule has 2 heterocycles. The van der Waals surface area contributed by atoms with E-state index in [4.69, 9.17) is 9.15 Å². The summed E-state index contributed by atoms with van der Waals surface area (Å²) in [5.41, 5.74) is 1.36. The van der Waals surface area contributed by atoms with Crippen LogP contribution in [0.2, 0.25) is 0 Å². The van der Waals surface area contributed by atoms with Crippen LogP contribution in [-0.4, -0.2) is 43.3 Å². The molecule has 102 valence electrons. The SMILES string of the molecule is CC(NCC(C)(C)N1CCOCC1)c1ccoc1. The fourth-order valence-electron chi connectivity index (χ4n) is 2.32. The van der Waals surface area contributed by atoms with Crippen LogP contribution in [0.4, 0.5) is 0 Å². The van der Waals surface area contributed by atoms with Gasteiger partial charge >= 0.3 is 0 Å². The Kier molecular flexibility index (Phi) is 4.43. The zero-order valence-electron chi connectivity index (χ0n) is 11.6. The maximum absolute atomic E-state index is 5.40. The van der Waals surface area contributed by atoms with Crippen molar-refractivity contribution in [2.24, 2.45) is 0 Å². The van der Waals surface area contributed by atoms with Crippen molar-refractivity contribution >= 4 is 0 Å². The molecule has 1 fully saturated rings. The van der Waals surface area contributed by atoms with E-state index in [9.17, 15) is 0 Å². The zero-order chi connectivity index (χ0) is 13.0. The van der Waals surface area contributed by atoms with E-state index >= 15 is 0 Å². The van der Waals surface area contributed by atoms with Crippen molar-refractivity contribution < 1.29 is 9.15 Å². The number of morpholine rings is 1. The van der Waals surface area contributed by atoms with Gasteiger partial charge in [0.25, 0.3) is 0 Å². The molecule has 1 saturated heterocycles. The highest BCUT2D eigenvalue weighted by Gasteiger charge is 2.28. The molecule has 0 radical (unpaired) electrons. The Bertz CT molecular complexity index is 343. The summed E-state index contributed by atoms with van der Waals surface area (Å²) in [5.74, 6) is 0. The van der Waals surface area contributed by atoms with Gasteiger partial charge < -0.3 is 14.5 Å². The second-order valence-corrected chi connectivity index (χ2v) is 5.57. The molecule has 0 saturated carbocycles. The molecule has 4 heteroatoms. The van der Waals surface area contributed by atoms with Gasteiger partial charge in [0.2, 0.25) is 0 Å². The molecule has 1 aliphatic rings. The average molecular weight is 252 g/mol. The Hall–Kier alpha value is -0.840. The highest BCUT2D eigenvalue weighted by atomic mass is 16.5. The molecule has 0 bridgehead atoms. The molecule has 1 aromatic rings. The van der Waals surface area contributed by atoms with E-state index < -0.39 is 0 Å². The molecule has 0 aliphatic carbocycles. The van der Waals surface area contributed by atoms with Gasteiger partial charge in [0, 0.05) is 36.8 Å². The maximum Gasteiger partial charge on any atom is 0.0950 e. The molecule has 2 rings (SSSR count). The first-order valence-corrected chi connectivity index (χ1v) is 6.68. The van der Waals surface area contributed by atoms with Crippen LogP contribution in [0, 0.1) is 0 Å². The number of furan rings is 1. The molecule has 1 unspecified atom stereocenters. The van der Waals surface area contributed by atoms with Gasteiger partial charge in [-0.3, -0.25) is 4.90 Å². The summed E-state index contributed by atoms with van der Waals surface area (Å²) in [6.07, 6.45) is 3.53. The third kappa shape index (κ3) is 3.34. The van der Waals surface area contributed by atoms with Gasteiger partial charge in [0.1, 0.15) is 0 Å². The fourth-order valence-corrected chi connectivity index (χ4v) is 2.32. The van der Waals surface area contributed by atoms with Crippen LogP contribution in [0.5, 0.6) is 0 Å². The quantitative estimate of drug-likeness (QED) is 0.870.